The summed E-state index contributed by atoms with van der Waals surface area (Å²) in [6, 6.07) is 0.0812. The van der Waals surface area contributed by atoms with Crippen molar-refractivity contribution in [2.75, 3.05) is 19.7 Å². The lowest BCUT2D eigenvalue weighted by Gasteiger charge is -2.37. The van der Waals surface area contributed by atoms with Crippen molar-refractivity contribution in [3.8, 4) is 0 Å². The molecule has 5 nitrogen and oxygen atoms in total. The molecule has 6 heteroatoms. The fourth-order valence-electron chi connectivity index (χ4n) is 3.45. The maximum Gasteiger partial charge on any atom is 0.279 e. The van der Waals surface area contributed by atoms with Crippen LogP contribution in [0.4, 0.5) is 0 Å². The molecule has 1 saturated carbocycles. The van der Waals surface area contributed by atoms with Crippen LogP contribution in [0, 0.1) is 5.41 Å². The predicted octanol–water partition coefficient (Wildman–Crippen LogP) is 1.64. The highest BCUT2D eigenvalue weighted by molar-refractivity contribution is 7.87. The molecule has 2 fully saturated rings. The van der Waals surface area contributed by atoms with E-state index in [1.54, 1.807) is 4.31 Å². The second-order valence-electron chi connectivity index (χ2n) is 6.50. The van der Waals surface area contributed by atoms with Crippen molar-refractivity contribution in [3.63, 3.8) is 0 Å². The number of hydrogen-bond donors (Lipinski definition) is 2. The Kier molecular flexibility index (Phi) is 5.45. The molecular weight excluding hydrogens is 276 g/mol. The molecule has 1 aliphatic carbocycles. The van der Waals surface area contributed by atoms with Crippen LogP contribution in [0.15, 0.2) is 0 Å². The zero-order valence-corrected chi connectivity index (χ0v) is 13.3. The molecule has 1 unspecified atom stereocenters. The first kappa shape index (κ1) is 16.2. The lowest BCUT2D eigenvalue weighted by molar-refractivity contribution is 0.0860. The van der Waals surface area contributed by atoms with Gasteiger partial charge in [-0.25, -0.2) is 4.72 Å². The second kappa shape index (κ2) is 6.73. The molecule has 0 amide bonds. The number of hydrogen-bond acceptors (Lipinski definition) is 3. The maximum absolute atomic E-state index is 12.4. The number of nitrogens with one attached hydrogen (secondary N) is 1. The minimum absolute atomic E-state index is 0.0745. The Morgan fingerprint density at radius 1 is 1.20 bits per heavy atom. The Morgan fingerprint density at radius 2 is 1.90 bits per heavy atom. The Labute approximate surface area is 122 Å². The fourth-order valence-corrected chi connectivity index (χ4v) is 5.05. The molecule has 1 atom stereocenters. The van der Waals surface area contributed by atoms with E-state index in [2.05, 4.69) is 4.72 Å². The quantitative estimate of drug-likeness (QED) is 0.811. The summed E-state index contributed by atoms with van der Waals surface area (Å²) in [5.74, 6) is 0. The number of piperidine rings is 1. The molecule has 118 valence electrons. The first-order valence-electron chi connectivity index (χ1n) is 7.86. The van der Waals surface area contributed by atoms with Crippen LogP contribution in [0.25, 0.3) is 0 Å². The first-order chi connectivity index (χ1) is 9.49. The van der Waals surface area contributed by atoms with Gasteiger partial charge >= 0.3 is 0 Å². The van der Waals surface area contributed by atoms with Gasteiger partial charge in [0.25, 0.3) is 10.2 Å². The molecule has 2 aliphatic rings. The van der Waals surface area contributed by atoms with Gasteiger partial charge in [0.1, 0.15) is 0 Å². The van der Waals surface area contributed by atoms with Gasteiger partial charge in [-0.1, -0.05) is 25.7 Å². The molecule has 1 saturated heterocycles. The Balaban J connectivity index is 1.97. The molecule has 0 bridgehead atoms. The monoisotopic (exact) mass is 304 g/mol. The van der Waals surface area contributed by atoms with Crippen molar-refractivity contribution in [3.05, 3.63) is 0 Å². The van der Waals surface area contributed by atoms with Crippen molar-refractivity contribution < 1.29 is 13.5 Å². The third-order valence-corrected chi connectivity index (χ3v) is 6.60. The summed E-state index contributed by atoms with van der Waals surface area (Å²) in [5, 5.41) is 9.65. The third kappa shape index (κ3) is 3.72. The highest BCUT2D eigenvalue weighted by Gasteiger charge is 2.35. The van der Waals surface area contributed by atoms with Crippen molar-refractivity contribution in [1.29, 1.82) is 0 Å². The van der Waals surface area contributed by atoms with Crippen LogP contribution in [0.1, 0.15) is 58.3 Å². The van der Waals surface area contributed by atoms with Gasteiger partial charge in [-0.2, -0.15) is 12.7 Å². The Hall–Kier alpha value is -0.170. The topological polar surface area (TPSA) is 69.6 Å². The average molecular weight is 304 g/mol. The molecule has 2 rings (SSSR count). The van der Waals surface area contributed by atoms with E-state index in [9.17, 15) is 13.5 Å². The van der Waals surface area contributed by atoms with Gasteiger partial charge in [0.05, 0.1) is 0 Å². The van der Waals surface area contributed by atoms with Crippen LogP contribution in [0.3, 0.4) is 0 Å². The molecule has 0 spiro atoms. The minimum Gasteiger partial charge on any atom is -0.396 e. The van der Waals surface area contributed by atoms with Crippen molar-refractivity contribution >= 4 is 10.2 Å². The average Bonchev–Trinajstić information content (AvgIpc) is 2.47. The maximum atomic E-state index is 12.4. The largest absolute Gasteiger partial charge is 0.396 e. The van der Waals surface area contributed by atoms with E-state index in [1.807, 2.05) is 6.92 Å². The third-order valence-electron chi connectivity index (χ3n) is 4.93. The summed E-state index contributed by atoms with van der Waals surface area (Å²) < 4.78 is 29.2. The highest BCUT2D eigenvalue weighted by Crippen LogP contribution is 2.35. The first-order valence-corrected chi connectivity index (χ1v) is 9.30. The van der Waals surface area contributed by atoms with Gasteiger partial charge in [-0.15, -0.1) is 0 Å². The van der Waals surface area contributed by atoms with Gasteiger partial charge < -0.3 is 5.11 Å². The van der Waals surface area contributed by atoms with E-state index >= 15 is 0 Å². The summed E-state index contributed by atoms with van der Waals surface area (Å²) in [6.45, 7) is 3.03. The highest BCUT2D eigenvalue weighted by atomic mass is 32.2. The van der Waals surface area contributed by atoms with Crippen LogP contribution < -0.4 is 4.72 Å². The van der Waals surface area contributed by atoms with Gasteiger partial charge in [0.15, 0.2) is 0 Å². The zero-order chi connectivity index (χ0) is 14.6. The van der Waals surface area contributed by atoms with Crippen molar-refractivity contribution in [1.82, 2.24) is 9.03 Å². The van der Waals surface area contributed by atoms with Crippen LogP contribution in [0.5, 0.6) is 0 Å². The number of aliphatic hydroxyl groups excluding tert-OH is 1. The lowest BCUT2D eigenvalue weighted by atomic mass is 9.75. The van der Waals surface area contributed by atoms with Crippen molar-refractivity contribution in [2.24, 2.45) is 5.41 Å². The van der Waals surface area contributed by atoms with E-state index in [1.165, 1.54) is 6.42 Å². The van der Waals surface area contributed by atoms with Crippen LogP contribution >= 0.6 is 0 Å². The lowest BCUT2D eigenvalue weighted by Crippen LogP contribution is -2.51. The van der Waals surface area contributed by atoms with E-state index in [4.69, 9.17) is 0 Å². The smallest absolute Gasteiger partial charge is 0.279 e. The standard InChI is InChI=1S/C14H28N2O3S/c1-13-7-3-6-10-16(13)20(18,19)15-11-14(12-17)8-4-2-5-9-14/h13,15,17H,2-12H2,1H3. The summed E-state index contributed by atoms with van der Waals surface area (Å²) >= 11 is 0. The summed E-state index contributed by atoms with van der Waals surface area (Å²) in [7, 11) is -3.41. The van der Waals surface area contributed by atoms with E-state index in [-0.39, 0.29) is 18.1 Å². The van der Waals surface area contributed by atoms with Gasteiger partial charge in [0, 0.05) is 31.2 Å². The molecule has 0 aromatic rings. The fraction of sp³-hybridized carbons (Fsp3) is 1.00. The number of aliphatic hydroxyl groups is 1. The van der Waals surface area contributed by atoms with Crippen LogP contribution in [0.2, 0.25) is 0 Å². The summed E-state index contributed by atoms with van der Waals surface area (Å²) in [5.41, 5.74) is -0.246. The molecular formula is C14H28N2O3S. The van der Waals surface area contributed by atoms with E-state index < -0.39 is 10.2 Å². The minimum atomic E-state index is -3.41. The second-order valence-corrected chi connectivity index (χ2v) is 8.21. The van der Waals surface area contributed by atoms with Gasteiger partial charge in [0.2, 0.25) is 0 Å². The summed E-state index contributed by atoms with van der Waals surface area (Å²) in [6.07, 6.45) is 8.18. The SMILES string of the molecule is CC1CCCCN1S(=O)(=O)NCC1(CO)CCCCC1. The normalized spacial score (nSPS) is 28.4. The van der Waals surface area contributed by atoms with E-state index in [0.717, 1.165) is 44.9 Å². The number of nitrogens with zero attached hydrogens (tertiary/aromatic N) is 1. The summed E-state index contributed by atoms with van der Waals surface area (Å²) in [4.78, 5) is 0. The molecule has 0 aromatic carbocycles. The molecule has 1 heterocycles. The number of rotatable bonds is 5. The van der Waals surface area contributed by atoms with E-state index in [0.29, 0.717) is 13.1 Å². The molecule has 0 aromatic heterocycles. The zero-order valence-electron chi connectivity index (χ0n) is 12.5. The molecule has 2 N–H and O–H groups in total. The van der Waals surface area contributed by atoms with Gasteiger partial charge in [-0.3, -0.25) is 0 Å². The Bertz CT molecular complexity index is 405. The molecule has 1 aliphatic heterocycles. The Morgan fingerprint density at radius 3 is 2.50 bits per heavy atom. The van der Waals surface area contributed by atoms with Crippen LogP contribution in [-0.4, -0.2) is 43.6 Å². The van der Waals surface area contributed by atoms with Gasteiger partial charge in [-0.05, 0) is 32.6 Å². The van der Waals surface area contributed by atoms with Crippen LogP contribution in [-0.2, 0) is 10.2 Å². The predicted molar refractivity (Wildman–Crippen MR) is 79.5 cm³/mol. The molecule has 20 heavy (non-hydrogen) atoms. The molecule has 0 radical (unpaired) electrons. The van der Waals surface area contributed by atoms with Crippen molar-refractivity contribution in [2.45, 2.75) is 64.3 Å².